The molecule has 0 rings (SSSR count). The Kier molecular flexibility index (Phi) is 28.0. The molecule has 3 amide bonds. The average molecular weight is 584 g/mol. The van der Waals surface area contributed by atoms with Crippen molar-refractivity contribution in [2.75, 3.05) is 126 Å². The van der Waals surface area contributed by atoms with E-state index in [0.717, 1.165) is 13.0 Å². The number of hydrogen-bond donors (Lipinski definition) is 3. The summed E-state index contributed by atoms with van der Waals surface area (Å²) >= 11 is 0. The zero-order chi connectivity index (χ0) is 29.5. The average Bonchev–Trinajstić information content (AvgIpc) is 2.94. The zero-order valence-corrected chi connectivity index (χ0v) is 24.0. The van der Waals surface area contributed by atoms with E-state index in [1.807, 2.05) is 0 Å². The normalized spacial score (nSPS) is 10.8. The van der Waals surface area contributed by atoms with Gasteiger partial charge in [0.2, 0.25) is 5.91 Å². The van der Waals surface area contributed by atoms with E-state index in [9.17, 15) is 14.4 Å². The van der Waals surface area contributed by atoms with Gasteiger partial charge in [-0.15, -0.1) is 0 Å². The molecule has 0 aliphatic heterocycles. The molecule has 0 aliphatic carbocycles. The maximum Gasteiger partial charge on any atom is 0.406 e. The van der Waals surface area contributed by atoms with Crippen molar-refractivity contribution in [2.24, 2.45) is 0 Å². The second kappa shape index (κ2) is 29.7. The third-order valence-electron chi connectivity index (χ3n) is 4.88. The minimum atomic E-state index is -1.10. The largest absolute Gasteiger partial charge is 0.465 e. The van der Waals surface area contributed by atoms with Crippen LogP contribution in [0.4, 0.5) is 9.59 Å². The standard InChI is InChI=1S/C25H49N3O12/c1-3-9-34-15-19-39-21-22-40-20-16-35-10-4-23(29)28(7-13-36-12-6-27-25(32)33-2)8-14-38-18-17-37-11-5-26-24(30)31/h26H,3-22H2,1-2H3,(H,27,32)(H,30,31). The third-order valence-corrected chi connectivity index (χ3v) is 4.88. The van der Waals surface area contributed by atoms with Crippen molar-refractivity contribution < 1.29 is 57.4 Å². The minimum Gasteiger partial charge on any atom is -0.465 e. The Morgan fingerprint density at radius 3 is 1.52 bits per heavy atom. The van der Waals surface area contributed by atoms with E-state index in [2.05, 4.69) is 22.3 Å². The van der Waals surface area contributed by atoms with Crippen LogP contribution in [0.3, 0.4) is 0 Å². The van der Waals surface area contributed by atoms with Crippen LogP contribution in [0.25, 0.3) is 0 Å². The number of ether oxygens (including phenoxy) is 8. The number of nitrogens with one attached hydrogen (secondary N) is 2. The molecule has 236 valence electrons. The summed E-state index contributed by atoms with van der Waals surface area (Å²) in [5, 5.41) is 13.2. The minimum absolute atomic E-state index is 0.101. The van der Waals surface area contributed by atoms with E-state index in [4.69, 9.17) is 38.3 Å². The third kappa shape index (κ3) is 27.3. The fourth-order valence-electron chi connectivity index (χ4n) is 2.89. The quantitative estimate of drug-likeness (QED) is 0.103. The lowest BCUT2D eigenvalue weighted by Crippen LogP contribution is -2.38. The van der Waals surface area contributed by atoms with Gasteiger partial charge in [-0.05, 0) is 6.42 Å². The van der Waals surface area contributed by atoms with Crippen LogP contribution in [-0.2, 0) is 42.7 Å². The molecule has 0 spiro atoms. The number of carbonyl (C=O) groups is 3. The van der Waals surface area contributed by atoms with Crippen LogP contribution in [0.15, 0.2) is 0 Å². The smallest absolute Gasteiger partial charge is 0.406 e. The van der Waals surface area contributed by atoms with Crippen LogP contribution in [0.2, 0.25) is 0 Å². The number of hydrogen-bond acceptors (Lipinski definition) is 11. The SMILES string of the molecule is CCCOCCOCCOCCOCCC(=O)N(CCOCCNC(=O)OC)CCOCCOCCNC(=O)O. The van der Waals surface area contributed by atoms with Gasteiger partial charge < -0.3 is 58.5 Å². The van der Waals surface area contributed by atoms with Crippen molar-refractivity contribution in [3.8, 4) is 0 Å². The second-order valence-corrected chi connectivity index (χ2v) is 8.07. The molecule has 0 atom stereocenters. The Morgan fingerprint density at radius 1 is 0.600 bits per heavy atom. The van der Waals surface area contributed by atoms with Crippen LogP contribution in [0, 0.1) is 0 Å². The van der Waals surface area contributed by atoms with E-state index in [1.54, 1.807) is 4.90 Å². The van der Waals surface area contributed by atoms with E-state index in [-0.39, 0.29) is 45.3 Å². The number of carbonyl (C=O) groups excluding carboxylic acids is 2. The summed E-state index contributed by atoms with van der Waals surface area (Å²) in [7, 11) is 1.28. The highest BCUT2D eigenvalue weighted by molar-refractivity contribution is 5.76. The van der Waals surface area contributed by atoms with Crippen LogP contribution >= 0.6 is 0 Å². The van der Waals surface area contributed by atoms with Gasteiger partial charge in [0.1, 0.15) is 0 Å². The maximum absolute atomic E-state index is 12.7. The Bertz CT molecular complexity index is 616. The Balaban J connectivity index is 4.06. The zero-order valence-electron chi connectivity index (χ0n) is 24.0. The van der Waals surface area contributed by atoms with Crippen LogP contribution < -0.4 is 10.6 Å². The van der Waals surface area contributed by atoms with E-state index < -0.39 is 12.2 Å². The predicted octanol–water partition coefficient (Wildman–Crippen LogP) is 0.355. The first kappa shape index (κ1) is 37.7. The highest BCUT2D eigenvalue weighted by atomic mass is 16.6. The van der Waals surface area contributed by atoms with Gasteiger partial charge in [0.25, 0.3) is 0 Å². The molecule has 0 aliphatic rings. The Hall–Kier alpha value is -2.27. The van der Waals surface area contributed by atoms with Gasteiger partial charge in [0.15, 0.2) is 0 Å². The van der Waals surface area contributed by atoms with Gasteiger partial charge in [-0.2, -0.15) is 0 Å². The van der Waals surface area contributed by atoms with Gasteiger partial charge in [-0.3, -0.25) is 4.79 Å². The molecule has 40 heavy (non-hydrogen) atoms. The number of nitrogens with zero attached hydrogens (tertiary/aromatic N) is 1. The molecule has 0 aromatic heterocycles. The molecular weight excluding hydrogens is 534 g/mol. The van der Waals surface area contributed by atoms with Gasteiger partial charge in [0.05, 0.1) is 99.4 Å². The van der Waals surface area contributed by atoms with E-state index in [0.29, 0.717) is 79.1 Å². The van der Waals surface area contributed by atoms with Crippen molar-refractivity contribution in [1.82, 2.24) is 15.5 Å². The van der Waals surface area contributed by atoms with Crippen molar-refractivity contribution in [3.63, 3.8) is 0 Å². The molecule has 0 fully saturated rings. The fourth-order valence-corrected chi connectivity index (χ4v) is 2.89. The van der Waals surface area contributed by atoms with E-state index in [1.165, 1.54) is 7.11 Å². The maximum atomic E-state index is 12.7. The summed E-state index contributed by atoms with van der Waals surface area (Å²) in [6, 6.07) is 0. The summed E-state index contributed by atoms with van der Waals surface area (Å²) in [5.41, 5.74) is 0. The van der Waals surface area contributed by atoms with Crippen molar-refractivity contribution in [2.45, 2.75) is 19.8 Å². The first-order chi connectivity index (χ1) is 19.5. The second-order valence-electron chi connectivity index (χ2n) is 8.07. The van der Waals surface area contributed by atoms with Gasteiger partial charge >= 0.3 is 12.2 Å². The van der Waals surface area contributed by atoms with E-state index >= 15 is 0 Å². The number of carboxylic acid groups (broad SMARTS) is 1. The van der Waals surface area contributed by atoms with Gasteiger partial charge in [0, 0.05) is 32.8 Å². The molecule has 15 heteroatoms. The molecular formula is C25H49N3O12. The lowest BCUT2D eigenvalue weighted by Gasteiger charge is -2.23. The predicted molar refractivity (Wildman–Crippen MR) is 144 cm³/mol. The Morgan fingerprint density at radius 2 is 1.02 bits per heavy atom. The molecule has 0 heterocycles. The summed E-state index contributed by atoms with van der Waals surface area (Å²) in [4.78, 5) is 35.8. The van der Waals surface area contributed by atoms with Gasteiger partial charge in [-0.25, -0.2) is 9.59 Å². The number of methoxy groups -OCH3 is 1. The fraction of sp³-hybridized carbons (Fsp3) is 0.880. The van der Waals surface area contributed by atoms with Crippen molar-refractivity contribution in [1.29, 1.82) is 0 Å². The molecule has 0 aromatic carbocycles. The molecule has 0 saturated carbocycles. The number of rotatable bonds is 29. The highest BCUT2D eigenvalue weighted by Gasteiger charge is 2.13. The molecule has 15 nitrogen and oxygen atoms in total. The molecule has 0 bridgehead atoms. The van der Waals surface area contributed by atoms with Crippen molar-refractivity contribution >= 4 is 18.1 Å². The van der Waals surface area contributed by atoms with Crippen LogP contribution in [0.5, 0.6) is 0 Å². The molecule has 0 aromatic rings. The number of alkyl carbamates (subject to hydrolysis) is 1. The summed E-state index contributed by atoms with van der Waals surface area (Å²) in [6.45, 7) is 8.82. The molecule has 0 radical (unpaired) electrons. The molecule has 3 N–H and O–H groups in total. The molecule has 0 unspecified atom stereocenters. The first-order valence-corrected chi connectivity index (χ1v) is 13.6. The Labute approximate surface area is 237 Å². The number of amides is 3. The van der Waals surface area contributed by atoms with Crippen LogP contribution in [-0.4, -0.2) is 154 Å². The monoisotopic (exact) mass is 583 g/mol. The molecule has 0 saturated heterocycles. The van der Waals surface area contributed by atoms with Gasteiger partial charge in [-0.1, -0.05) is 6.92 Å². The topological polar surface area (TPSA) is 173 Å². The first-order valence-electron chi connectivity index (χ1n) is 13.6. The summed E-state index contributed by atoms with van der Waals surface area (Å²) in [6.07, 6.45) is -0.449. The highest BCUT2D eigenvalue weighted by Crippen LogP contribution is 1.97. The van der Waals surface area contributed by atoms with Crippen LogP contribution in [0.1, 0.15) is 19.8 Å². The van der Waals surface area contributed by atoms with Crippen molar-refractivity contribution in [3.05, 3.63) is 0 Å². The summed E-state index contributed by atoms with van der Waals surface area (Å²) < 4.78 is 42.5. The summed E-state index contributed by atoms with van der Waals surface area (Å²) in [5.74, 6) is -0.101. The lowest BCUT2D eigenvalue weighted by molar-refractivity contribution is -0.134. The lowest BCUT2D eigenvalue weighted by atomic mass is 10.3.